The lowest BCUT2D eigenvalue weighted by Crippen LogP contribution is -2.50. The number of rotatable bonds is 3. The molecule has 2 rings (SSSR count). The Morgan fingerprint density at radius 3 is 2.25 bits per heavy atom. The van der Waals surface area contributed by atoms with E-state index >= 15 is 0 Å². The number of esters is 1. The quantitative estimate of drug-likeness (QED) is 0.791. The molecule has 1 aromatic carbocycles. The molecule has 1 aromatic rings. The number of carbonyl (C=O) groups is 1. The Balaban J connectivity index is 2.54. The van der Waals surface area contributed by atoms with Gasteiger partial charge in [-0.15, -0.1) is 0 Å². The molecular weight excluding hydrogens is 250 g/mol. The fraction of sp³-hybridized carbons (Fsp3) is 0.529. The predicted octanol–water partition coefficient (Wildman–Crippen LogP) is 3.47. The van der Waals surface area contributed by atoms with Crippen LogP contribution in [0.5, 0.6) is 0 Å². The van der Waals surface area contributed by atoms with Crippen molar-refractivity contribution in [2.75, 3.05) is 0 Å². The summed E-state index contributed by atoms with van der Waals surface area (Å²) in [6.45, 7) is 9.97. The summed E-state index contributed by atoms with van der Waals surface area (Å²) in [5.74, 6) is 0.0855. The molecule has 0 amide bonds. The maximum atomic E-state index is 12.3. The van der Waals surface area contributed by atoms with E-state index in [0.29, 0.717) is 0 Å². The van der Waals surface area contributed by atoms with E-state index in [4.69, 9.17) is 9.73 Å². The van der Waals surface area contributed by atoms with Gasteiger partial charge in [0.1, 0.15) is 6.10 Å². The van der Waals surface area contributed by atoms with Crippen molar-refractivity contribution in [1.29, 1.82) is 0 Å². The van der Waals surface area contributed by atoms with Gasteiger partial charge in [0.2, 0.25) is 0 Å². The number of hydrogen-bond donors (Lipinski definition) is 0. The van der Waals surface area contributed by atoms with Crippen LogP contribution < -0.4 is 0 Å². The monoisotopic (exact) mass is 273 g/mol. The molecule has 3 heteroatoms. The standard InChI is InChI=1S/C17H23NO2/c1-11(2)15-14(13-9-7-6-8-10-13)18-17(5,12(3)4)16(19)20-15/h6-12,15H,1-5H3/t15-,17+/m1/s1. The molecule has 0 N–H and O–H groups in total. The van der Waals surface area contributed by atoms with Crippen molar-refractivity contribution in [3.05, 3.63) is 35.9 Å². The van der Waals surface area contributed by atoms with Crippen molar-refractivity contribution in [1.82, 2.24) is 0 Å². The second-order valence-corrected chi connectivity index (χ2v) is 6.24. The van der Waals surface area contributed by atoms with Crippen LogP contribution in [-0.4, -0.2) is 23.3 Å². The summed E-state index contributed by atoms with van der Waals surface area (Å²) in [4.78, 5) is 17.1. The summed E-state index contributed by atoms with van der Waals surface area (Å²) >= 11 is 0. The van der Waals surface area contributed by atoms with Crippen molar-refractivity contribution in [3.8, 4) is 0 Å². The maximum absolute atomic E-state index is 12.3. The average molecular weight is 273 g/mol. The Kier molecular flexibility index (Phi) is 3.98. The highest BCUT2D eigenvalue weighted by molar-refractivity contribution is 6.08. The first-order valence-electron chi connectivity index (χ1n) is 7.22. The SMILES string of the molecule is CC(C)[C@H]1OC(=O)[C@](C)(C(C)C)N=C1c1ccccc1. The number of cyclic esters (lactones) is 1. The first-order chi connectivity index (χ1) is 9.36. The second kappa shape index (κ2) is 5.39. The van der Waals surface area contributed by atoms with Gasteiger partial charge in [-0.05, 0) is 24.3 Å². The molecular formula is C17H23NO2. The summed E-state index contributed by atoms with van der Waals surface area (Å²) in [5.41, 5.74) is 1.12. The zero-order valence-electron chi connectivity index (χ0n) is 12.9. The third-order valence-corrected chi connectivity index (χ3v) is 4.07. The normalized spacial score (nSPS) is 26.6. The van der Waals surface area contributed by atoms with Crippen LogP contribution in [-0.2, 0) is 9.53 Å². The fourth-order valence-electron chi connectivity index (χ4n) is 2.30. The van der Waals surface area contributed by atoms with Crippen LogP contribution in [0, 0.1) is 11.8 Å². The van der Waals surface area contributed by atoms with Crippen molar-refractivity contribution >= 4 is 11.7 Å². The first kappa shape index (κ1) is 14.8. The molecule has 0 saturated carbocycles. The minimum absolute atomic E-state index is 0.0989. The van der Waals surface area contributed by atoms with E-state index in [1.807, 2.05) is 51.1 Å². The van der Waals surface area contributed by atoms with Crippen LogP contribution in [0.25, 0.3) is 0 Å². The number of benzene rings is 1. The van der Waals surface area contributed by atoms with Crippen molar-refractivity contribution in [3.63, 3.8) is 0 Å². The Morgan fingerprint density at radius 2 is 1.75 bits per heavy atom. The van der Waals surface area contributed by atoms with Gasteiger partial charge in [-0.3, -0.25) is 4.99 Å². The number of nitrogens with zero attached hydrogens (tertiary/aromatic N) is 1. The lowest BCUT2D eigenvalue weighted by molar-refractivity contribution is -0.157. The molecule has 20 heavy (non-hydrogen) atoms. The summed E-state index contributed by atoms with van der Waals surface area (Å²) in [6.07, 6.45) is -0.267. The van der Waals surface area contributed by atoms with Gasteiger partial charge in [-0.25, -0.2) is 4.79 Å². The van der Waals surface area contributed by atoms with Crippen LogP contribution in [0.1, 0.15) is 40.2 Å². The van der Waals surface area contributed by atoms with Crippen LogP contribution in [0.3, 0.4) is 0 Å². The number of ether oxygens (including phenoxy) is 1. The van der Waals surface area contributed by atoms with Crippen LogP contribution in [0.15, 0.2) is 35.3 Å². The van der Waals surface area contributed by atoms with Gasteiger partial charge < -0.3 is 4.74 Å². The molecule has 2 atom stereocenters. The first-order valence-corrected chi connectivity index (χ1v) is 7.22. The number of hydrogen-bond acceptors (Lipinski definition) is 3. The van der Waals surface area contributed by atoms with Gasteiger partial charge in [0.15, 0.2) is 5.54 Å². The average Bonchev–Trinajstić information content (AvgIpc) is 2.42. The Bertz CT molecular complexity index is 519. The molecule has 108 valence electrons. The molecule has 0 bridgehead atoms. The fourth-order valence-corrected chi connectivity index (χ4v) is 2.30. The zero-order valence-corrected chi connectivity index (χ0v) is 12.9. The van der Waals surface area contributed by atoms with E-state index in [0.717, 1.165) is 11.3 Å². The van der Waals surface area contributed by atoms with E-state index in [2.05, 4.69) is 13.8 Å². The van der Waals surface area contributed by atoms with Crippen LogP contribution in [0.4, 0.5) is 0 Å². The van der Waals surface area contributed by atoms with Gasteiger partial charge in [0.25, 0.3) is 0 Å². The summed E-state index contributed by atoms with van der Waals surface area (Å²) in [7, 11) is 0. The van der Waals surface area contributed by atoms with Gasteiger partial charge in [-0.1, -0.05) is 58.0 Å². The molecule has 0 radical (unpaired) electrons. The lowest BCUT2D eigenvalue weighted by Gasteiger charge is -2.37. The van der Waals surface area contributed by atoms with Gasteiger partial charge in [0.05, 0.1) is 5.71 Å². The smallest absolute Gasteiger partial charge is 0.334 e. The maximum Gasteiger partial charge on any atom is 0.334 e. The minimum Gasteiger partial charge on any atom is -0.454 e. The minimum atomic E-state index is -0.795. The topological polar surface area (TPSA) is 38.7 Å². The van der Waals surface area contributed by atoms with Gasteiger partial charge in [-0.2, -0.15) is 0 Å². The molecule has 0 saturated heterocycles. The third-order valence-electron chi connectivity index (χ3n) is 4.07. The van der Waals surface area contributed by atoms with E-state index in [9.17, 15) is 4.79 Å². The molecule has 1 aliphatic heterocycles. The van der Waals surface area contributed by atoms with Crippen LogP contribution >= 0.6 is 0 Å². The van der Waals surface area contributed by atoms with E-state index in [-0.39, 0.29) is 23.9 Å². The Labute approximate surface area is 121 Å². The predicted molar refractivity (Wildman–Crippen MR) is 80.9 cm³/mol. The van der Waals surface area contributed by atoms with Crippen molar-refractivity contribution in [2.45, 2.75) is 46.3 Å². The van der Waals surface area contributed by atoms with Gasteiger partial charge in [0, 0.05) is 0 Å². The van der Waals surface area contributed by atoms with E-state index < -0.39 is 5.54 Å². The number of aliphatic imine (C=N–C) groups is 1. The van der Waals surface area contributed by atoms with Crippen LogP contribution in [0.2, 0.25) is 0 Å². The second-order valence-electron chi connectivity index (χ2n) is 6.24. The molecule has 0 spiro atoms. The van der Waals surface area contributed by atoms with Crippen molar-refractivity contribution < 1.29 is 9.53 Å². The highest BCUT2D eigenvalue weighted by Crippen LogP contribution is 2.32. The lowest BCUT2D eigenvalue weighted by atomic mass is 9.85. The molecule has 1 heterocycles. The molecule has 1 aliphatic rings. The summed E-state index contributed by atoms with van der Waals surface area (Å²) in [5, 5.41) is 0. The largest absolute Gasteiger partial charge is 0.454 e. The Morgan fingerprint density at radius 1 is 1.15 bits per heavy atom. The van der Waals surface area contributed by atoms with Gasteiger partial charge >= 0.3 is 5.97 Å². The molecule has 0 aliphatic carbocycles. The van der Waals surface area contributed by atoms with Crippen molar-refractivity contribution in [2.24, 2.45) is 16.8 Å². The summed E-state index contributed by atoms with van der Waals surface area (Å²) < 4.78 is 5.72. The molecule has 0 fully saturated rings. The molecule has 3 nitrogen and oxygen atoms in total. The van der Waals surface area contributed by atoms with E-state index in [1.54, 1.807) is 0 Å². The summed E-state index contributed by atoms with van der Waals surface area (Å²) in [6, 6.07) is 9.99. The zero-order chi connectivity index (χ0) is 14.9. The number of carbonyl (C=O) groups excluding carboxylic acids is 1. The highest BCUT2D eigenvalue weighted by Gasteiger charge is 2.45. The molecule has 0 unspecified atom stereocenters. The van der Waals surface area contributed by atoms with E-state index in [1.165, 1.54) is 0 Å². The molecule has 0 aromatic heterocycles. The highest BCUT2D eigenvalue weighted by atomic mass is 16.5. The Hall–Kier alpha value is -1.64. The third kappa shape index (κ3) is 2.49.